The number of nitrogens with one attached hydrogen (secondary N) is 1. The smallest absolute Gasteiger partial charge is 0.292 e. The molecule has 6 heteroatoms. The Morgan fingerprint density at radius 3 is 2.62 bits per heavy atom. The van der Waals surface area contributed by atoms with Gasteiger partial charge in [0.2, 0.25) is 0 Å². The first-order valence-electron chi connectivity index (χ1n) is 6.48. The second kappa shape index (κ2) is 6.71. The zero-order valence-corrected chi connectivity index (χ0v) is 11.7. The molecule has 0 radical (unpaired) electrons. The molecule has 0 heterocycles. The Kier molecular flexibility index (Phi) is 4.73. The number of nitro benzene ring substituents is 1. The molecule has 21 heavy (non-hydrogen) atoms. The van der Waals surface area contributed by atoms with Crippen molar-refractivity contribution in [1.29, 1.82) is 0 Å². The lowest BCUT2D eigenvalue weighted by Crippen LogP contribution is -2.20. The van der Waals surface area contributed by atoms with Crippen LogP contribution in [0.3, 0.4) is 0 Å². The van der Waals surface area contributed by atoms with Crippen LogP contribution in [0.1, 0.15) is 11.6 Å². The summed E-state index contributed by atoms with van der Waals surface area (Å²) in [5, 5.41) is 14.1. The van der Waals surface area contributed by atoms with E-state index >= 15 is 0 Å². The van der Waals surface area contributed by atoms with Gasteiger partial charge in [-0.05, 0) is 11.6 Å². The summed E-state index contributed by atoms with van der Waals surface area (Å²) >= 11 is 0. The van der Waals surface area contributed by atoms with Crippen LogP contribution in [0.2, 0.25) is 0 Å². The predicted molar refractivity (Wildman–Crippen MR) is 81.5 cm³/mol. The molecule has 0 saturated heterocycles. The summed E-state index contributed by atoms with van der Waals surface area (Å²) in [5.74, 6) is 0.552. The van der Waals surface area contributed by atoms with Gasteiger partial charge in [0.25, 0.3) is 5.69 Å². The summed E-state index contributed by atoms with van der Waals surface area (Å²) in [4.78, 5) is 10.6. The van der Waals surface area contributed by atoms with Crippen LogP contribution in [-0.2, 0) is 0 Å². The number of nitrogens with two attached hydrogens (primary N) is 1. The van der Waals surface area contributed by atoms with Gasteiger partial charge in [0.1, 0.15) is 11.4 Å². The molecule has 0 aromatic heterocycles. The minimum atomic E-state index is -0.435. The molecule has 0 fully saturated rings. The monoisotopic (exact) mass is 287 g/mol. The maximum absolute atomic E-state index is 11.0. The van der Waals surface area contributed by atoms with Gasteiger partial charge >= 0.3 is 0 Å². The molecule has 0 aliphatic rings. The van der Waals surface area contributed by atoms with E-state index in [9.17, 15) is 10.1 Å². The summed E-state index contributed by atoms with van der Waals surface area (Å²) < 4.78 is 5.09. The Morgan fingerprint density at radius 2 is 2.00 bits per heavy atom. The summed E-state index contributed by atoms with van der Waals surface area (Å²) in [5.41, 5.74) is 7.43. The molecule has 0 spiro atoms. The lowest BCUT2D eigenvalue weighted by atomic mass is 10.1. The van der Waals surface area contributed by atoms with E-state index < -0.39 is 4.92 Å². The molecule has 0 aliphatic carbocycles. The Morgan fingerprint density at radius 1 is 1.29 bits per heavy atom. The highest BCUT2D eigenvalue weighted by molar-refractivity contribution is 5.64. The highest BCUT2D eigenvalue weighted by Gasteiger charge is 2.15. The molecule has 0 aliphatic heterocycles. The lowest BCUT2D eigenvalue weighted by molar-refractivity contribution is -0.384. The van der Waals surface area contributed by atoms with Crippen LogP contribution in [0.15, 0.2) is 48.5 Å². The first kappa shape index (κ1) is 14.8. The van der Waals surface area contributed by atoms with Gasteiger partial charge in [0.15, 0.2) is 0 Å². The van der Waals surface area contributed by atoms with Crippen molar-refractivity contribution in [2.24, 2.45) is 5.73 Å². The minimum absolute atomic E-state index is 0.00365. The lowest BCUT2D eigenvalue weighted by Gasteiger charge is -2.14. The molecule has 2 aromatic rings. The first-order valence-corrected chi connectivity index (χ1v) is 6.48. The molecular weight excluding hydrogens is 270 g/mol. The first-order chi connectivity index (χ1) is 10.1. The van der Waals surface area contributed by atoms with E-state index in [2.05, 4.69) is 5.32 Å². The Balaban J connectivity index is 2.13. The second-order valence-electron chi connectivity index (χ2n) is 4.54. The summed E-state index contributed by atoms with van der Waals surface area (Å²) in [7, 11) is 1.51. The fourth-order valence-corrected chi connectivity index (χ4v) is 1.98. The Bertz CT molecular complexity index is 617. The third-order valence-corrected chi connectivity index (χ3v) is 3.14. The number of nitrogens with zero attached hydrogens (tertiary/aromatic N) is 1. The average Bonchev–Trinajstić information content (AvgIpc) is 2.52. The van der Waals surface area contributed by atoms with Gasteiger partial charge in [-0.1, -0.05) is 30.3 Å². The van der Waals surface area contributed by atoms with E-state index in [-0.39, 0.29) is 11.7 Å². The molecule has 1 unspecified atom stereocenters. The van der Waals surface area contributed by atoms with Gasteiger partial charge in [-0.3, -0.25) is 10.1 Å². The van der Waals surface area contributed by atoms with Crippen molar-refractivity contribution in [3.05, 3.63) is 64.2 Å². The highest BCUT2D eigenvalue weighted by atomic mass is 16.6. The van der Waals surface area contributed by atoms with Crippen molar-refractivity contribution >= 4 is 11.4 Å². The van der Waals surface area contributed by atoms with Gasteiger partial charge in [-0.2, -0.15) is 0 Å². The van der Waals surface area contributed by atoms with Crippen molar-refractivity contribution in [3.63, 3.8) is 0 Å². The molecule has 2 aromatic carbocycles. The number of nitro groups is 1. The molecule has 0 saturated carbocycles. The van der Waals surface area contributed by atoms with Crippen LogP contribution in [0.4, 0.5) is 11.4 Å². The SMILES string of the molecule is COc1ccc([N+](=O)[O-])c(NCC(N)c2ccccc2)c1. The van der Waals surface area contributed by atoms with E-state index in [1.54, 1.807) is 12.1 Å². The minimum Gasteiger partial charge on any atom is -0.497 e. The number of rotatable bonds is 6. The summed E-state index contributed by atoms with van der Waals surface area (Å²) in [6, 6.07) is 13.9. The highest BCUT2D eigenvalue weighted by Crippen LogP contribution is 2.29. The quantitative estimate of drug-likeness (QED) is 0.629. The standard InChI is InChI=1S/C15H17N3O3/c1-21-12-7-8-15(18(19)20)14(9-12)17-10-13(16)11-5-3-2-4-6-11/h2-9,13,17H,10,16H2,1H3. The van der Waals surface area contributed by atoms with Crippen molar-refractivity contribution in [2.45, 2.75) is 6.04 Å². The van der Waals surface area contributed by atoms with Gasteiger partial charge in [0, 0.05) is 24.7 Å². The molecule has 0 bridgehead atoms. The molecular formula is C15H17N3O3. The third-order valence-electron chi connectivity index (χ3n) is 3.14. The Labute approximate surface area is 122 Å². The number of methoxy groups -OCH3 is 1. The fraction of sp³-hybridized carbons (Fsp3) is 0.200. The van der Waals surface area contributed by atoms with Crippen molar-refractivity contribution in [1.82, 2.24) is 0 Å². The number of ether oxygens (including phenoxy) is 1. The summed E-state index contributed by atoms with van der Waals surface area (Å²) in [6.07, 6.45) is 0. The predicted octanol–water partition coefficient (Wildman–Crippen LogP) is 2.72. The van der Waals surface area contributed by atoms with E-state index in [1.807, 2.05) is 30.3 Å². The van der Waals surface area contributed by atoms with Crippen molar-refractivity contribution < 1.29 is 9.66 Å². The number of hydrogen-bond donors (Lipinski definition) is 2. The van der Waals surface area contributed by atoms with Crippen molar-refractivity contribution in [3.8, 4) is 5.75 Å². The van der Waals surface area contributed by atoms with Crippen LogP contribution < -0.4 is 15.8 Å². The van der Waals surface area contributed by atoms with E-state index in [4.69, 9.17) is 10.5 Å². The Hall–Kier alpha value is -2.60. The zero-order valence-electron chi connectivity index (χ0n) is 11.7. The summed E-state index contributed by atoms with van der Waals surface area (Å²) in [6.45, 7) is 0.387. The fourth-order valence-electron chi connectivity index (χ4n) is 1.98. The number of hydrogen-bond acceptors (Lipinski definition) is 5. The molecule has 2 rings (SSSR count). The normalized spacial score (nSPS) is 11.7. The van der Waals surface area contributed by atoms with E-state index in [1.165, 1.54) is 13.2 Å². The topological polar surface area (TPSA) is 90.4 Å². The number of anilines is 1. The van der Waals surface area contributed by atoms with E-state index in [0.717, 1.165) is 5.56 Å². The molecule has 0 amide bonds. The van der Waals surface area contributed by atoms with Gasteiger partial charge < -0.3 is 15.8 Å². The average molecular weight is 287 g/mol. The van der Waals surface area contributed by atoms with Gasteiger partial charge in [-0.15, -0.1) is 0 Å². The molecule has 3 N–H and O–H groups in total. The second-order valence-corrected chi connectivity index (χ2v) is 4.54. The zero-order chi connectivity index (χ0) is 15.2. The maximum Gasteiger partial charge on any atom is 0.292 e. The molecule has 1 atom stereocenters. The largest absolute Gasteiger partial charge is 0.497 e. The van der Waals surface area contributed by atoms with Crippen LogP contribution in [-0.4, -0.2) is 18.6 Å². The van der Waals surface area contributed by atoms with Crippen LogP contribution in [0.5, 0.6) is 5.75 Å². The van der Waals surface area contributed by atoms with Gasteiger partial charge in [0.05, 0.1) is 12.0 Å². The molecule has 6 nitrogen and oxygen atoms in total. The van der Waals surface area contributed by atoms with Crippen molar-refractivity contribution in [2.75, 3.05) is 19.0 Å². The van der Waals surface area contributed by atoms with Crippen LogP contribution >= 0.6 is 0 Å². The van der Waals surface area contributed by atoms with Gasteiger partial charge in [-0.25, -0.2) is 0 Å². The maximum atomic E-state index is 11.0. The third kappa shape index (κ3) is 3.70. The molecule has 110 valence electrons. The van der Waals surface area contributed by atoms with E-state index in [0.29, 0.717) is 18.0 Å². The number of benzene rings is 2. The van der Waals surface area contributed by atoms with Crippen LogP contribution in [0.25, 0.3) is 0 Å². The van der Waals surface area contributed by atoms with Crippen LogP contribution in [0, 0.1) is 10.1 Å².